The van der Waals surface area contributed by atoms with Crippen molar-refractivity contribution in [3.8, 4) is 0 Å². The third-order valence-electron chi connectivity index (χ3n) is 2.64. The van der Waals surface area contributed by atoms with Gasteiger partial charge in [0.25, 0.3) is 0 Å². The van der Waals surface area contributed by atoms with Gasteiger partial charge in [-0.3, -0.25) is 0 Å². The van der Waals surface area contributed by atoms with E-state index in [4.69, 9.17) is 4.74 Å². The summed E-state index contributed by atoms with van der Waals surface area (Å²) in [5.41, 5.74) is 0. The molecule has 1 rings (SSSR count). The highest BCUT2D eigenvalue weighted by Gasteiger charge is 2.24. The van der Waals surface area contributed by atoms with Crippen molar-refractivity contribution >= 4 is 41.9 Å². The molecule has 0 amide bonds. The summed E-state index contributed by atoms with van der Waals surface area (Å²) in [5, 5.41) is 0. The maximum Gasteiger partial charge on any atom is 0.242 e. The van der Waals surface area contributed by atoms with Gasteiger partial charge in [-0.1, -0.05) is 29.8 Å². The maximum absolute atomic E-state index is 12.3. The third-order valence-corrected chi connectivity index (χ3v) is 5.60. The SMILES string of the molecule is COCC(NS(=O)(=O)c1ccc(Br)cc1Br)C(C)C. The molecule has 1 aromatic rings. The Bertz CT molecular complexity index is 532. The summed E-state index contributed by atoms with van der Waals surface area (Å²) in [7, 11) is -2.02. The topological polar surface area (TPSA) is 55.4 Å². The monoisotopic (exact) mass is 413 g/mol. The van der Waals surface area contributed by atoms with Crippen LogP contribution in [0.5, 0.6) is 0 Å². The van der Waals surface area contributed by atoms with E-state index < -0.39 is 10.0 Å². The van der Waals surface area contributed by atoms with Crippen LogP contribution in [0.4, 0.5) is 0 Å². The van der Waals surface area contributed by atoms with E-state index in [1.807, 2.05) is 13.8 Å². The van der Waals surface area contributed by atoms with Gasteiger partial charge < -0.3 is 4.74 Å². The molecule has 4 nitrogen and oxygen atoms in total. The molecule has 108 valence electrons. The standard InChI is InChI=1S/C12H17Br2NO3S/c1-8(2)11(7-18-3)15-19(16,17)12-5-4-9(13)6-10(12)14/h4-6,8,11,15H,7H2,1-3H3. The Hall–Kier alpha value is 0.0500. The predicted molar refractivity (Wildman–Crippen MR) is 82.7 cm³/mol. The van der Waals surface area contributed by atoms with E-state index in [0.29, 0.717) is 11.1 Å². The molecule has 0 aliphatic carbocycles. The second-order valence-electron chi connectivity index (χ2n) is 4.50. The first kappa shape index (κ1) is 17.1. The Kier molecular flexibility index (Phi) is 6.46. The molecule has 0 radical (unpaired) electrons. The van der Waals surface area contributed by atoms with Crippen LogP contribution in [0.1, 0.15) is 13.8 Å². The van der Waals surface area contributed by atoms with Crippen LogP contribution in [0.2, 0.25) is 0 Å². The van der Waals surface area contributed by atoms with Crippen molar-refractivity contribution in [3.63, 3.8) is 0 Å². The first-order valence-electron chi connectivity index (χ1n) is 5.74. The molecule has 0 saturated heterocycles. The van der Waals surface area contributed by atoms with E-state index in [2.05, 4.69) is 36.6 Å². The molecule has 0 aliphatic heterocycles. The highest BCUT2D eigenvalue weighted by atomic mass is 79.9. The van der Waals surface area contributed by atoms with Crippen LogP contribution in [0.15, 0.2) is 32.0 Å². The number of halogens is 2. The number of methoxy groups -OCH3 is 1. The van der Waals surface area contributed by atoms with E-state index in [-0.39, 0.29) is 16.9 Å². The molecule has 7 heteroatoms. The lowest BCUT2D eigenvalue weighted by atomic mass is 10.1. The van der Waals surface area contributed by atoms with Crippen molar-refractivity contribution in [2.24, 2.45) is 5.92 Å². The summed E-state index contributed by atoms with van der Waals surface area (Å²) in [5.74, 6) is 0.143. The molecule has 1 unspecified atom stereocenters. The van der Waals surface area contributed by atoms with E-state index in [0.717, 1.165) is 4.47 Å². The lowest BCUT2D eigenvalue weighted by Gasteiger charge is -2.21. The fraction of sp³-hybridized carbons (Fsp3) is 0.500. The summed E-state index contributed by atoms with van der Waals surface area (Å²) in [4.78, 5) is 0.220. The van der Waals surface area contributed by atoms with Crippen molar-refractivity contribution in [3.05, 3.63) is 27.1 Å². The zero-order valence-electron chi connectivity index (χ0n) is 11.0. The summed E-state index contributed by atoms with van der Waals surface area (Å²) in [6.45, 7) is 4.23. The van der Waals surface area contributed by atoms with Crippen molar-refractivity contribution in [2.75, 3.05) is 13.7 Å². The fourth-order valence-corrected chi connectivity index (χ4v) is 4.61. The van der Waals surface area contributed by atoms with Crippen molar-refractivity contribution in [1.29, 1.82) is 0 Å². The molecular weight excluding hydrogens is 398 g/mol. The molecule has 19 heavy (non-hydrogen) atoms. The Balaban J connectivity index is 3.03. The first-order chi connectivity index (χ1) is 8.77. The summed E-state index contributed by atoms with van der Waals surface area (Å²) in [6.07, 6.45) is 0. The number of sulfonamides is 1. The predicted octanol–water partition coefficient (Wildman–Crippen LogP) is 3.16. The molecule has 0 spiro atoms. The summed E-state index contributed by atoms with van der Waals surface area (Å²) in [6, 6.07) is 4.70. The molecule has 0 bridgehead atoms. The highest BCUT2D eigenvalue weighted by Crippen LogP contribution is 2.26. The molecule has 0 saturated carbocycles. The molecule has 1 atom stereocenters. The van der Waals surface area contributed by atoms with Crippen molar-refractivity contribution in [1.82, 2.24) is 4.72 Å². The lowest BCUT2D eigenvalue weighted by molar-refractivity contribution is 0.157. The Morgan fingerprint density at radius 3 is 2.42 bits per heavy atom. The van der Waals surface area contributed by atoms with Crippen LogP contribution in [0, 0.1) is 5.92 Å². The number of nitrogens with one attached hydrogen (secondary N) is 1. The average Bonchev–Trinajstić information content (AvgIpc) is 2.27. The molecule has 0 aromatic heterocycles. The molecule has 1 aromatic carbocycles. The average molecular weight is 415 g/mol. The molecule has 0 aliphatic rings. The fourth-order valence-electron chi connectivity index (χ4n) is 1.50. The third kappa shape index (κ3) is 4.82. The van der Waals surface area contributed by atoms with Crippen LogP contribution >= 0.6 is 31.9 Å². The zero-order chi connectivity index (χ0) is 14.6. The minimum atomic E-state index is -3.57. The Morgan fingerprint density at radius 1 is 1.32 bits per heavy atom. The van der Waals surface area contributed by atoms with Gasteiger partial charge in [0.15, 0.2) is 0 Å². The maximum atomic E-state index is 12.3. The Labute approximate surface area is 131 Å². The summed E-state index contributed by atoms with van der Waals surface area (Å²) < 4.78 is 33.7. The van der Waals surface area contributed by atoms with E-state index in [1.54, 1.807) is 25.3 Å². The number of rotatable bonds is 6. The largest absolute Gasteiger partial charge is 0.383 e. The van der Waals surface area contributed by atoms with Gasteiger partial charge in [0, 0.05) is 22.1 Å². The Morgan fingerprint density at radius 2 is 1.95 bits per heavy atom. The van der Waals surface area contributed by atoms with Gasteiger partial charge in [0.1, 0.15) is 0 Å². The van der Waals surface area contributed by atoms with Crippen molar-refractivity contribution in [2.45, 2.75) is 24.8 Å². The van der Waals surface area contributed by atoms with E-state index in [1.165, 1.54) is 0 Å². The minimum Gasteiger partial charge on any atom is -0.383 e. The molecule has 1 N–H and O–H groups in total. The molecular formula is C12H17Br2NO3S. The minimum absolute atomic E-state index is 0.143. The van der Waals surface area contributed by atoms with Crippen LogP contribution < -0.4 is 4.72 Å². The zero-order valence-corrected chi connectivity index (χ0v) is 15.0. The normalized spacial score (nSPS) is 13.8. The van der Waals surface area contributed by atoms with Crippen molar-refractivity contribution < 1.29 is 13.2 Å². The number of benzene rings is 1. The van der Waals surface area contributed by atoms with Crippen LogP contribution in [0.25, 0.3) is 0 Å². The van der Waals surface area contributed by atoms with Gasteiger partial charge in [-0.15, -0.1) is 0 Å². The first-order valence-corrected chi connectivity index (χ1v) is 8.81. The lowest BCUT2D eigenvalue weighted by Crippen LogP contribution is -2.41. The van der Waals surface area contributed by atoms with Crippen LogP contribution in [-0.2, 0) is 14.8 Å². The number of ether oxygens (including phenoxy) is 1. The van der Waals surface area contributed by atoms with Gasteiger partial charge in [0.05, 0.1) is 11.5 Å². The van der Waals surface area contributed by atoms with Crippen LogP contribution in [-0.4, -0.2) is 28.2 Å². The molecule has 0 fully saturated rings. The smallest absolute Gasteiger partial charge is 0.242 e. The van der Waals surface area contributed by atoms with Gasteiger partial charge in [-0.05, 0) is 40.0 Å². The van der Waals surface area contributed by atoms with Gasteiger partial charge >= 0.3 is 0 Å². The van der Waals surface area contributed by atoms with Gasteiger partial charge in [-0.2, -0.15) is 0 Å². The second kappa shape index (κ2) is 7.17. The van der Waals surface area contributed by atoms with Gasteiger partial charge in [0.2, 0.25) is 10.0 Å². The van der Waals surface area contributed by atoms with E-state index in [9.17, 15) is 8.42 Å². The summed E-state index contributed by atoms with van der Waals surface area (Å²) >= 11 is 6.57. The number of hydrogen-bond donors (Lipinski definition) is 1. The highest BCUT2D eigenvalue weighted by molar-refractivity contribution is 9.11. The van der Waals surface area contributed by atoms with Crippen LogP contribution in [0.3, 0.4) is 0 Å². The number of hydrogen-bond acceptors (Lipinski definition) is 3. The quantitative estimate of drug-likeness (QED) is 0.777. The van der Waals surface area contributed by atoms with Gasteiger partial charge in [-0.25, -0.2) is 13.1 Å². The molecule has 0 heterocycles. The second-order valence-corrected chi connectivity index (χ2v) is 7.95. The van der Waals surface area contributed by atoms with E-state index >= 15 is 0 Å².